The smallest absolute Gasteiger partial charge is 0.274 e. The van der Waals surface area contributed by atoms with Gasteiger partial charge in [-0.25, -0.2) is 4.39 Å². The van der Waals surface area contributed by atoms with E-state index in [1.807, 2.05) is 6.07 Å². The Labute approximate surface area is 149 Å². The molecule has 9 heteroatoms. The topological polar surface area (TPSA) is 108 Å². The van der Waals surface area contributed by atoms with Crippen molar-refractivity contribution in [3.05, 3.63) is 51.7 Å². The second-order valence-corrected chi connectivity index (χ2v) is 6.27. The number of nitrogens with two attached hydrogens (primary N) is 1. The van der Waals surface area contributed by atoms with Gasteiger partial charge in [-0.15, -0.1) is 10.2 Å². The summed E-state index contributed by atoms with van der Waals surface area (Å²) in [7, 11) is 0. The number of aryl methyl sites for hydroxylation is 1. The van der Waals surface area contributed by atoms with Gasteiger partial charge in [-0.2, -0.15) is 0 Å². The van der Waals surface area contributed by atoms with Crippen molar-refractivity contribution in [1.29, 1.82) is 0 Å². The molecule has 1 amide bonds. The number of anilines is 1. The number of amides is 1. The number of H-pyrrole nitrogens is 1. The molecular formula is C17H21FN6O2. The first kappa shape index (κ1) is 18.0. The number of carbonyl (C=O) groups is 1. The van der Waals surface area contributed by atoms with Crippen molar-refractivity contribution >= 4 is 11.9 Å². The van der Waals surface area contributed by atoms with Gasteiger partial charge in [-0.3, -0.25) is 19.5 Å². The van der Waals surface area contributed by atoms with Crippen LogP contribution in [0.3, 0.4) is 0 Å². The number of nitrogens with one attached hydrogen (secondary N) is 1. The van der Waals surface area contributed by atoms with Crippen molar-refractivity contribution in [1.82, 2.24) is 25.0 Å². The van der Waals surface area contributed by atoms with E-state index in [1.165, 1.54) is 12.1 Å². The predicted octanol–water partition coefficient (Wildman–Crippen LogP) is 0.163. The van der Waals surface area contributed by atoms with Gasteiger partial charge in [0.15, 0.2) is 0 Å². The molecule has 138 valence electrons. The fourth-order valence-electron chi connectivity index (χ4n) is 2.97. The summed E-state index contributed by atoms with van der Waals surface area (Å²) in [6.07, 6.45) is 0.427. The van der Waals surface area contributed by atoms with Crippen molar-refractivity contribution in [3.63, 3.8) is 0 Å². The van der Waals surface area contributed by atoms with Crippen LogP contribution in [0.1, 0.15) is 17.7 Å². The van der Waals surface area contributed by atoms with E-state index in [4.69, 9.17) is 5.73 Å². The van der Waals surface area contributed by atoms with Crippen LogP contribution < -0.4 is 11.3 Å². The molecule has 1 aromatic carbocycles. The predicted molar refractivity (Wildman–Crippen MR) is 93.6 cm³/mol. The van der Waals surface area contributed by atoms with Gasteiger partial charge < -0.3 is 10.6 Å². The molecule has 2 aromatic rings. The van der Waals surface area contributed by atoms with Crippen molar-refractivity contribution in [2.75, 3.05) is 31.9 Å². The summed E-state index contributed by atoms with van der Waals surface area (Å²) in [6, 6.07) is 6.55. The Hall–Kier alpha value is -2.81. The second kappa shape index (κ2) is 8.05. The highest BCUT2D eigenvalue weighted by atomic mass is 19.1. The molecule has 0 spiro atoms. The summed E-state index contributed by atoms with van der Waals surface area (Å²) in [4.78, 5) is 30.3. The molecular weight excluding hydrogens is 339 g/mol. The summed E-state index contributed by atoms with van der Waals surface area (Å²) >= 11 is 0. The maximum absolute atomic E-state index is 13.3. The minimum Gasteiger partial charge on any atom is -0.368 e. The fourth-order valence-corrected chi connectivity index (χ4v) is 2.97. The van der Waals surface area contributed by atoms with E-state index in [2.05, 4.69) is 20.1 Å². The molecule has 0 radical (unpaired) electrons. The van der Waals surface area contributed by atoms with Crippen LogP contribution in [0.15, 0.2) is 29.1 Å². The van der Waals surface area contributed by atoms with Gasteiger partial charge in [0, 0.05) is 45.6 Å². The number of hydrogen-bond acceptors (Lipinski definition) is 6. The first-order valence-corrected chi connectivity index (χ1v) is 8.47. The molecule has 0 atom stereocenters. The highest BCUT2D eigenvalue weighted by Crippen LogP contribution is 2.11. The Balaban J connectivity index is 1.46. The summed E-state index contributed by atoms with van der Waals surface area (Å²) < 4.78 is 13.3. The van der Waals surface area contributed by atoms with Gasteiger partial charge in [0.2, 0.25) is 11.9 Å². The molecule has 8 nitrogen and oxygen atoms in total. The largest absolute Gasteiger partial charge is 0.368 e. The zero-order valence-electron chi connectivity index (χ0n) is 14.3. The molecule has 1 aromatic heterocycles. The maximum Gasteiger partial charge on any atom is 0.274 e. The maximum atomic E-state index is 13.3. The van der Waals surface area contributed by atoms with Crippen LogP contribution in [-0.4, -0.2) is 57.1 Å². The Morgan fingerprint density at radius 3 is 2.69 bits per heavy atom. The van der Waals surface area contributed by atoms with Gasteiger partial charge in [0.1, 0.15) is 11.5 Å². The number of benzene rings is 1. The number of rotatable bonds is 5. The fraction of sp³-hybridized carbons (Fsp3) is 0.412. The van der Waals surface area contributed by atoms with Crippen LogP contribution in [0, 0.1) is 5.82 Å². The molecule has 3 rings (SSSR count). The van der Waals surface area contributed by atoms with Crippen LogP contribution >= 0.6 is 0 Å². The lowest BCUT2D eigenvalue weighted by Gasteiger charge is -2.34. The molecule has 0 unspecified atom stereocenters. The lowest BCUT2D eigenvalue weighted by atomic mass is 10.1. The number of carbonyl (C=O) groups excluding carboxylic acids is 1. The molecule has 3 N–H and O–H groups in total. The van der Waals surface area contributed by atoms with Gasteiger partial charge in [-0.05, 0) is 17.7 Å². The average molecular weight is 360 g/mol. The SMILES string of the molecule is Nc1nnc(CCC(=O)N2CCN(Cc3cccc(F)c3)CC2)c(=O)[nH]1. The van der Waals surface area contributed by atoms with Crippen LogP contribution in [-0.2, 0) is 17.8 Å². The number of aromatic amines is 1. The van der Waals surface area contributed by atoms with Crippen molar-refractivity contribution < 1.29 is 9.18 Å². The van der Waals surface area contributed by atoms with E-state index in [9.17, 15) is 14.0 Å². The van der Waals surface area contributed by atoms with E-state index in [-0.39, 0.29) is 36.2 Å². The molecule has 1 fully saturated rings. The van der Waals surface area contributed by atoms with Gasteiger partial charge in [0.05, 0.1) is 0 Å². The highest BCUT2D eigenvalue weighted by molar-refractivity contribution is 5.76. The van der Waals surface area contributed by atoms with Crippen LogP contribution in [0.4, 0.5) is 10.3 Å². The molecule has 1 aliphatic heterocycles. The summed E-state index contributed by atoms with van der Waals surface area (Å²) in [6.45, 7) is 3.33. The third-order valence-electron chi connectivity index (χ3n) is 4.38. The molecule has 0 bridgehead atoms. The van der Waals surface area contributed by atoms with Crippen molar-refractivity contribution in [2.45, 2.75) is 19.4 Å². The second-order valence-electron chi connectivity index (χ2n) is 6.27. The standard InChI is InChI=1S/C17H21FN6O2/c18-13-3-1-2-12(10-13)11-23-6-8-24(9-7-23)15(25)5-4-14-16(26)20-17(19)22-21-14/h1-3,10H,4-9,11H2,(H3,19,20,22,26). The lowest BCUT2D eigenvalue weighted by Crippen LogP contribution is -2.48. The molecule has 0 aliphatic carbocycles. The first-order valence-electron chi connectivity index (χ1n) is 8.47. The summed E-state index contributed by atoms with van der Waals surface area (Å²) in [5.74, 6) is -0.301. The molecule has 2 heterocycles. The van der Waals surface area contributed by atoms with Crippen LogP contribution in [0.5, 0.6) is 0 Å². The third kappa shape index (κ3) is 4.63. The quantitative estimate of drug-likeness (QED) is 0.787. The zero-order chi connectivity index (χ0) is 18.5. The molecule has 0 saturated carbocycles. The zero-order valence-corrected chi connectivity index (χ0v) is 14.3. The van der Waals surface area contributed by atoms with E-state index in [0.717, 1.165) is 18.7 Å². The number of piperazine rings is 1. The van der Waals surface area contributed by atoms with Gasteiger partial charge in [0.25, 0.3) is 5.56 Å². The monoisotopic (exact) mass is 360 g/mol. The highest BCUT2D eigenvalue weighted by Gasteiger charge is 2.21. The van der Waals surface area contributed by atoms with E-state index < -0.39 is 5.56 Å². The third-order valence-corrected chi connectivity index (χ3v) is 4.38. The number of nitrogen functional groups attached to an aromatic ring is 1. The average Bonchev–Trinajstić information content (AvgIpc) is 2.61. The summed E-state index contributed by atoms with van der Waals surface area (Å²) in [5.41, 5.74) is 6.06. The van der Waals surface area contributed by atoms with Gasteiger partial charge >= 0.3 is 0 Å². The van der Waals surface area contributed by atoms with Crippen LogP contribution in [0.25, 0.3) is 0 Å². The Bertz CT molecular complexity index is 832. The number of hydrogen-bond donors (Lipinski definition) is 2. The molecule has 26 heavy (non-hydrogen) atoms. The van der Waals surface area contributed by atoms with E-state index in [0.29, 0.717) is 19.6 Å². The van der Waals surface area contributed by atoms with E-state index >= 15 is 0 Å². The van der Waals surface area contributed by atoms with Crippen molar-refractivity contribution in [2.24, 2.45) is 0 Å². The normalized spacial score (nSPS) is 15.2. The lowest BCUT2D eigenvalue weighted by molar-refractivity contribution is -0.133. The number of aromatic nitrogens is 3. The first-order chi connectivity index (χ1) is 12.5. The Morgan fingerprint density at radius 1 is 1.23 bits per heavy atom. The van der Waals surface area contributed by atoms with Gasteiger partial charge in [-0.1, -0.05) is 12.1 Å². The number of halogens is 1. The van der Waals surface area contributed by atoms with Crippen LogP contribution in [0.2, 0.25) is 0 Å². The molecule has 1 aliphatic rings. The molecule has 1 saturated heterocycles. The van der Waals surface area contributed by atoms with Crippen molar-refractivity contribution in [3.8, 4) is 0 Å². The minimum atomic E-state index is -0.412. The number of nitrogens with zero attached hydrogens (tertiary/aromatic N) is 4. The Morgan fingerprint density at radius 2 is 2.00 bits per heavy atom. The Kier molecular flexibility index (Phi) is 5.57. The summed E-state index contributed by atoms with van der Waals surface area (Å²) in [5, 5.41) is 7.33. The minimum absolute atomic E-state index is 0.0200. The van der Waals surface area contributed by atoms with E-state index in [1.54, 1.807) is 11.0 Å².